The van der Waals surface area contributed by atoms with Crippen molar-refractivity contribution < 1.29 is 23.9 Å². The van der Waals surface area contributed by atoms with Crippen molar-refractivity contribution in [3.8, 4) is 5.75 Å². The van der Waals surface area contributed by atoms with Crippen molar-refractivity contribution in [2.24, 2.45) is 5.92 Å². The third-order valence-corrected chi connectivity index (χ3v) is 7.34. The van der Waals surface area contributed by atoms with E-state index in [2.05, 4.69) is 46.7 Å². The summed E-state index contributed by atoms with van der Waals surface area (Å²) in [5, 5.41) is 9.54. The molecule has 0 unspecified atom stereocenters. The van der Waals surface area contributed by atoms with E-state index in [1.54, 1.807) is 12.1 Å². The van der Waals surface area contributed by atoms with E-state index in [4.69, 9.17) is 9.47 Å². The van der Waals surface area contributed by atoms with E-state index in [1.807, 2.05) is 31.2 Å². The van der Waals surface area contributed by atoms with E-state index >= 15 is 0 Å². The fourth-order valence-corrected chi connectivity index (χ4v) is 5.10. The Labute approximate surface area is 253 Å². The molecule has 0 aliphatic carbocycles. The van der Waals surface area contributed by atoms with E-state index in [1.165, 1.54) is 25.6 Å². The monoisotopic (exact) mass is 638 g/mol. The van der Waals surface area contributed by atoms with Crippen molar-refractivity contribution in [1.29, 1.82) is 0 Å². The molecule has 0 bridgehead atoms. The van der Waals surface area contributed by atoms with Crippen molar-refractivity contribution in [2.45, 2.75) is 26.2 Å². The molecular formula is C30H35BrN6O5. The summed E-state index contributed by atoms with van der Waals surface area (Å²) in [5.41, 5.74) is 1.88. The summed E-state index contributed by atoms with van der Waals surface area (Å²) in [4.78, 5) is 47.8. The van der Waals surface area contributed by atoms with Gasteiger partial charge in [-0.3, -0.25) is 14.4 Å². The topological polar surface area (TPSA) is 135 Å². The largest absolute Gasteiger partial charge is 0.494 e. The zero-order valence-corrected chi connectivity index (χ0v) is 25.3. The Morgan fingerprint density at radius 2 is 1.88 bits per heavy atom. The van der Waals surface area contributed by atoms with Gasteiger partial charge in [-0.15, -0.1) is 0 Å². The number of piperidine rings is 1. The summed E-state index contributed by atoms with van der Waals surface area (Å²) in [6.07, 6.45) is 6.19. The van der Waals surface area contributed by atoms with Crippen molar-refractivity contribution in [3.05, 3.63) is 59.4 Å². The van der Waals surface area contributed by atoms with Gasteiger partial charge >= 0.3 is 5.97 Å². The Bertz CT molecular complexity index is 1440. The quantitative estimate of drug-likeness (QED) is 0.150. The van der Waals surface area contributed by atoms with E-state index in [9.17, 15) is 14.4 Å². The smallest absolute Gasteiger partial charge is 0.309 e. The van der Waals surface area contributed by atoms with Gasteiger partial charge in [-0.25, -0.2) is 9.97 Å². The molecule has 4 rings (SSSR count). The molecule has 12 heteroatoms. The molecule has 0 radical (unpaired) electrons. The van der Waals surface area contributed by atoms with Crippen LogP contribution in [-0.2, 0) is 19.1 Å². The van der Waals surface area contributed by atoms with Gasteiger partial charge < -0.3 is 30.3 Å². The number of ether oxygens (including phenoxy) is 2. The van der Waals surface area contributed by atoms with Crippen molar-refractivity contribution in [1.82, 2.24) is 20.2 Å². The molecule has 42 heavy (non-hydrogen) atoms. The lowest BCUT2D eigenvalue weighted by Crippen LogP contribution is -2.38. The van der Waals surface area contributed by atoms with Gasteiger partial charge in [0.2, 0.25) is 11.8 Å². The van der Waals surface area contributed by atoms with E-state index in [0.717, 1.165) is 49.1 Å². The second-order valence-electron chi connectivity index (χ2n) is 9.76. The van der Waals surface area contributed by atoms with Crippen molar-refractivity contribution in [2.75, 3.05) is 50.5 Å². The predicted molar refractivity (Wildman–Crippen MR) is 165 cm³/mol. The van der Waals surface area contributed by atoms with Gasteiger partial charge in [0.25, 0.3) is 0 Å². The number of anilines is 3. The normalized spacial score (nSPS) is 14.1. The first-order chi connectivity index (χ1) is 20.4. The molecule has 1 saturated heterocycles. The first-order valence-electron chi connectivity index (χ1n) is 13.9. The molecule has 11 nitrogen and oxygen atoms in total. The minimum Gasteiger partial charge on any atom is -0.494 e. The molecule has 0 spiro atoms. The number of nitrogens with zero attached hydrogens (tertiary/aromatic N) is 3. The van der Waals surface area contributed by atoms with Crippen LogP contribution in [0.15, 0.2) is 59.4 Å². The Morgan fingerprint density at radius 1 is 1.10 bits per heavy atom. The van der Waals surface area contributed by atoms with Gasteiger partial charge in [-0.1, -0.05) is 22.0 Å². The zero-order chi connectivity index (χ0) is 29.9. The molecule has 1 aromatic heterocycles. The van der Waals surface area contributed by atoms with Gasteiger partial charge in [0.05, 0.1) is 30.8 Å². The molecule has 0 saturated carbocycles. The summed E-state index contributed by atoms with van der Waals surface area (Å²) in [7, 11) is 1.50. The maximum absolute atomic E-state index is 12.7. The van der Waals surface area contributed by atoms with Crippen LogP contribution in [0.4, 0.5) is 17.2 Å². The minimum absolute atomic E-state index is 0.0178. The highest BCUT2D eigenvalue weighted by Crippen LogP contribution is 2.33. The third kappa shape index (κ3) is 8.73. The maximum Gasteiger partial charge on any atom is 0.309 e. The summed E-state index contributed by atoms with van der Waals surface area (Å²) < 4.78 is 11.5. The van der Waals surface area contributed by atoms with Crippen LogP contribution in [0.2, 0.25) is 0 Å². The van der Waals surface area contributed by atoms with Gasteiger partial charge in [-0.05, 0) is 70.1 Å². The number of methoxy groups -OCH3 is 1. The molecular weight excluding hydrogens is 604 g/mol. The van der Waals surface area contributed by atoms with E-state index in [0.29, 0.717) is 41.3 Å². The fourth-order valence-electron chi connectivity index (χ4n) is 4.70. The number of benzene rings is 2. The first-order valence-corrected chi connectivity index (χ1v) is 14.7. The number of amides is 2. The molecule has 2 amide bonds. The second kappa shape index (κ2) is 15.3. The number of hydrogen-bond donors (Lipinski definition) is 3. The second-order valence-corrected chi connectivity index (χ2v) is 10.7. The molecule has 1 fully saturated rings. The predicted octanol–water partition coefficient (Wildman–Crippen LogP) is 4.42. The highest BCUT2D eigenvalue weighted by Gasteiger charge is 2.25. The number of hydrogen-bond acceptors (Lipinski definition) is 9. The number of esters is 1. The van der Waals surface area contributed by atoms with Crippen LogP contribution in [0.1, 0.15) is 26.2 Å². The minimum atomic E-state index is -0.481. The summed E-state index contributed by atoms with van der Waals surface area (Å²) in [5.74, 6) is 0.0280. The molecule has 2 aromatic carbocycles. The summed E-state index contributed by atoms with van der Waals surface area (Å²) >= 11 is 3.46. The number of carbonyl (C=O) groups excluding carboxylic acids is 3. The van der Waals surface area contributed by atoms with Crippen molar-refractivity contribution >= 4 is 61.8 Å². The van der Waals surface area contributed by atoms with Gasteiger partial charge in [-0.2, -0.15) is 0 Å². The van der Waals surface area contributed by atoms with Crippen molar-refractivity contribution in [3.63, 3.8) is 0 Å². The van der Waals surface area contributed by atoms with E-state index < -0.39 is 5.91 Å². The zero-order valence-electron chi connectivity index (χ0n) is 23.7. The summed E-state index contributed by atoms with van der Waals surface area (Å²) in [6, 6.07) is 11.1. The van der Waals surface area contributed by atoms with Crippen LogP contribution in [0.5, 0.6) is 5.75 Å². The lowest BCUT2D eigenvalue weighted by atomic mass is 9.97. The Hall–Kier alpha value is -4.03. The standard InChI is InChI=1S/C30H35BrN6O5/c1-3-42-30(40)20-10-14-37(15-11-20)13-5-12-32-27(38)8-9-28(39)36-25-17-23-24(18-26(25)41-2)33-19-34-29(23)35-22-7-4-6-21(31)16-22/h4,6-9,16-20H,3,5,10-15H2,1-2H3,(H,32,38)(H,36,39)(H,33,34,35). The highest BCUT2D eigenvalue weighted by molar-refractivity contribution is 9.10. The average Bonchev–Trinajstić information content (AvgIpc) is 2.98. The van der Waals surface area contributed by atoms with Crippen LogP contribution in [0, 0.1) is 5.92 Å². The number of rotatable bonds is 12. The van der Waals surface area contributed by atoms with Crippen LogP contribution in [-0.4, -0.2) is 72.5 Å². The SMILES string of the molecule is CCOC(=O)C1CCN(CCCNC(=O)C=CC(=O)Nc2cc3c(Nc4cccc(Br)c4)ncnc3cc2OC)CC1. The first kappa shape index (κ1) is 30.9. The number of halogens is 1. The van der Waals surface area contributed by atoms with Gasteiger partial charge in [0.1, 0.15) is 17.9 Å². The average molecular weight is 640 g/mol. The lowest BCUT2D eigenvalue weighted by Gasteiger charge is -2.30. The third-order valence-electron chi connectivity index (χ3n) is 6.85. The molecule has 1 aliphatic heterocycles. The van der Waals surface area contributed by atoms with Crippen LogP contribution in [0.3, 0.4) is 0 Å². The summed E-state index contributed by atoms with van der Waals surface area (Å²) in [6.45, 7) is 5.21. The van der Waals surface area contributed by atoms with Crippen LogP contribution < -0.4 is 20.7 Å². The maximum atomic E-state index is 12.7. The van der Waals surface area contributed by atoms with E-state index in [-0.39, 0.29) is 17.8 Å². The van der Waals surface area contributed by atoms with Crippen LogP contribution in [0.25, 0.3) is 10.9 Å². The van der Waals surface area contributed by atoms with Gasteiger partial charge in [0.15, 0.2) is 0 Å². The number of aromatic nitrogens is 2. The fraction of sp³-hybridized carbons (Fsp3) is 0.367. The lowest BCUT2D eigenvalue weighted by molar-refractivity contribution is -0.149. The molecule has 3 N–H and O–H groups in total. The molecule has 2 heterocycles. The molecule has 0 atom stereocenters. The highest BCUT2D eigenvalue weighted by atomic mass is 79.9. The molecule has 3 aromatic rings. The number of likely N-dealkylation sites (tertiary alicyclic amines) is 1. The number of nitrogens with one attached hydrogen (secondary N) is 3. The molecule has 1 aliphatic rings. The Balaban J connectivity index is 1.28. The Kier molecular flexibility index (Phi) is 11.2. The number of fused-ring (bicyclic) bond motifs is 1. The number of carbonyl (C=O) groups is 3. The molecule has 222 valence electrons. The van der Waals surface area contributed by atoms with Crippen LogP contribution >= 0.6 is 15.9 Å². The van der Waals surface area contributed by atoms with Gasteiger partial charge in [0, 0.05) is 40.3 Å². The Morgan fingerprint density at radius 3 is 2.62 bits per heavy atom.